The van der Waals surface area contributed by atoms with Crippen LogP contribution in [0.2, 0.25) is 0 Å². The molecule has 1 unspecified atom stereocenters. The topological polar surface area (TPSA) is 76.2 Å². The molecule has 3 amide bonds. The van der Waals surface area contributed by atoms with Crippen molar-refractivity contribution < 1.29 is 28.2 Å². The fourth-order valence-electron chi connectivity index (χ4n) is 3.64. The lowest BCUT2D eigenvalue weighted by molar-refractivity contribution is 0.0275. The average Bonchev–Trinajstić information content (AvgIpc) is 3.26. The second kappa shape index (κ2) is 7.68. The van der Waals surface area contributed by atoms with Crippen molar-refractivity contribution in [1.29, 1.82) is 0 Å². The molecule has 1 saturated heterocycles. The van der Waals surface area contributed by atoms with Gasteiger partial charge >= 0.3 is 6.09 Å². The normalized spacial score (nSPS) is 18.4. The molecule has 0 spiro atoms. The van der Waals surface area contributed by atoms with Gasteiger partial charge in [-0.3, -0.25) is 9.59 Å². The molecule has 0 saturated carbocycles. The summed E-state index contributed by atoms with van der Waals surface area (Å²) in [5.41, 5.74) is 0.128. The Labute approximate surface area is 179 Å². The molecule has 0 aromatic heterocycles. The van der Waals surface area contributed by atoms with E-state index in [1.54, 1.807) is 45.0 Å². The van der Waals surface area contributed by atoms with Crippen molar-refractivity contribution in [1.82, 2.24) is 4.90 Å². The second-order valence-electron chi connectivity index (χ2n) is 8.56. The minimum absolute atomic E-state index is 0.00334. The summed E-state index contributed by atoms with van der Waals surface area (Å²) >= 11 is 0. The first-order chi connectivity index (χ1) is 14.6. The largest absolute Gasteiger partial charge is 0.485 e. The van der Waals surface area contributed by atoms with Crippen LogP contribution in [0.4, 0.5) is 14.9 Å². The monoisotopic (exact) mass is 426 g/mol. The lowest BCUT2D eigenvalue weighted by Gasteiger charge is -2.24. The first-order valence-corrected chi connectivity index (χ1v) is 10.1. The zero-order valence-electron chi connectivity index (χ0n) is 17.6. The van der Waals surface area contributed by atoms with Gasteiger partial charge in [0.15, 0.2) is 11.6 Å². The molecule has 2 heterocycles. The van der Waals surface area contributed by atoms with Gasteiger partial charge in [0.25, 0.3) is 11.8 Å². The van der Waals surface area contributed by atoms with E-state index < -0.39 is 29.3 Å². The molecular weight excluding hydrogens is 403 g/mol. The first kappa shape index (κ1) is 20.8. The van der Waals surface area contributed by atoms with Crippen LogP contribution in [0.1, 0.15) is 47.9 Å². The van der Waals surface area contributed by atoms with Crippen LogP contribution in [0.25, 0.3) is 0 Å². The number of anilines is 1. The molecular formula is C23H23FN2O5. The summed E-state index contributed by atoms with van der Waals surface area (Å²) in [4.78, 5) is 39.8. The number of rotatable bonds is 3. The maximum Gasteiger partial charge on any atom is 0.410 e. The number of nitrogens with zero attached hydrogens (tertiary/aromatic N) is 2. The van der Waals surface area contributed by atoms with Gasteiger partial charge in [-0.15, -0.1) is 0 Å². The quantitative estimate of drug-likeness (QED) is 0.693. The van der Waals surface area contributed by atoms with Gasteiger partial charge in [0.05, 0.1) is 23.4 Å². The molecule has 2 aliphatic rings. The molecule has 0 N–H and O–H groups in total. The van der Waals surface area contributed by atoms with Crippen molar-refractivity contribution in [3.8, 4) is 5.75 Å². The van der Waals surface area contributed by atoms with Gasteiger partial charge in [0.1, 0.15) is 11.7 Å². The lowest BCUT2D eigenvalue weighted by atomic mass is 10.1. The van der Waals surface area contributed by atoms with Gasteiger partial charge in [0.2, 0.25) is 0 Å². The van der Waals surface area contributed by atoms with E-state index in [0.717, 1.165) is 11.0 Å². The fraction of sp³-hybridized carbons (Fsp3) is 0.348. The van der Waals surface area contributed by atoms with Crippen molar-refractivity contribution in [3.05, 3.63) is 59.4 Å². The summed E-state index contributed by atoms with van der Waals surface area (Å²) in [5.74, 6) is -1.67. The van der Waals surface area contributed by atoms with Crippen LogP contribution >= 0.6 is 0 Å². The third kappa shape index (κ3) is 4.10. The number of hydrogen-bond donors (Lipinski definition) is 0. The zero-order chi connectivity index (χ0) is 22.3. The van der Waals surface area contributed by atoms with E-state index >= 15 is 0 Å². The Balaban J connectivity index is 1.44. The van der Waals surface area contributed by atoms with Crippen LogP contribution in [-0.4, -0.2) is 47.6 Å². The van der Waals surface area contributed by atoms with Crippen molar-refractivity contribution >= 4 is 23.6 Å². The summed E-state index contributed by atoms with van der Waals surface area (Å²) in [6.07, 6.45) is -0.272. The Bertz CT molecular complexity index is 1030. The highest BCUT2D eigenvalue weighted by atomic mass is 19.1. The van der Waals surface area contributed by atoms with E-state index in [9.17, 15) is 18.8 Å². The Morgan fingerprint density at radius 2 is 1.71 bits per heavy atom. The fourth-order valence-corrected chi connectivity index (χ4v) is 3.64. The molecule has 1 fully saturated rings. The van der Waals surface area contributed by atoms with Gasteiger partial charge < -0.3 is 14.4 Å². The van der Waals surface area contributed by atoms with E-state index in [4.69, 9.17) is 9.47 Å². The lowest BCUT2D eigenvalue weighted by Crippen LogP contribution is -2.36. The van der Waals surface area contributed by atoms with Crippen LogP contribution < -0.4 is 9.64 Å². The number of hydrogen-bond acceptors (Lipinski definition) is 5. The SMILES string of the molecule is CC(C)(C)OC(=O)N1CCC(Oc2ccc(N3C(=O)c4ccccc4C3=O)cc2F)C1. The predicted octanol–water partition coefficient (Wildman–Crippen LogP) is 4.01. The summed E-state index contributed by atoms with van der Waals surface area (Å²) in [7, 11) is 0. The standard InChI is InChI=1S/C23H23FN2O5/c1-23(2,3)31-22(29)25-11-10-15(13-25)30-19-9-8-14(12-18(19)24)26-20(27)16-6-4-5-7-17(16)21(26)28/h4-9,12,15H,10-11,13H2,1-3H3. The molecule has 4 rings (SSSR count). The minimum Gasteiger partial charge on any atom is -0.485 e. The first-order valence-electron chi connectivity index (χ1n) is 10.1. The Kier molecular flexibility index (Phi) is 5.16. The van der Waals surface area contributed by atoms with E-state index in [-0.39, 0.29) is 24.1 Å². The second-order valence-corrected chi connectivity index (χ2v) is 8.56. The molecule has 2 aromatic carbocycles. The van der Waals surface area contributed by atoms with Crippen molar-refractivity contribution in [2.75, 3.05) is 18.0 Å². The number of ether oxygens (including phenoxy) is 2. The Hall–Kier alpha value is -3.42. The van der Waals surface area contributed by atoms with Gasteiger partial charge in [-0.25, -0.2) is 14.1 Å². The molecule has 0 radical (unpaired) electrons. The Morgan fingerprint density at radius 1 is 1.06 bits per heavy atom. The van der Waals surface area contributed by atoms with Crippen LogP contribution in [0.3, 0.4) is 0 Å². The van der Waals surface area contributed by atoms with Gasteiger partial charge in [-0.05, 0) is 45.0 Å². The zero-order valence-corrected chi connectivity index (χ0v) is 17.6. The molecule has 162 valence electrons. The molecule has 1 atom stereocenters. The number of carbonyl (C=O) groups excluding carboxylic acids is 3. The summed E-state index contributed by atoms with van der Waals surface area (Å²) in [5, 5.41) is 0. The molecule has 8 heteroatoms. The van der Waals surface area contributed by atoms with Crippen LogP contribution in [0.15, 0.2) is 42.5 Å². The highest BCUT2D eigenvalue weighted by Gasteiger charge is 2.37. The summed E-state index contributed by atoms with van der Waals surface area (Å²) < 4.78 is 25.8. The van der Waals surface area contributed by atoms with Gasteiger partial charge in [-0.2, -0.15) is 0 Å². The molecule has 0 aliphatic carbocycles. The van der Waals surface area contributed by atoms with Crippen molar-refractivity contribution in [2.45, 2.75) is 38.9 Å². The number of fused-ring (bicyclic) bond motifs is 1. The highest BCUT2D eigenvalue weighted by Crippen LogP contribution is 2.32. The number of carbonyl (C=O) groups is 3. The molecule has 2 aromatic rings. The maximum absolute atomic E-state index is 14.7. The van der Waals surface area contributed by atoms with E-state index in [0.29, 0.717) is 24.1 Å². The third-order valence-corrected chi connectivity index (χ3v) is 5.06. The number of likely N-dealkylation sites (tertiary alicyclic amines) is 1. The summed E-state index contributed by atoms with van der Waals surface area (Å²) in [6, 6.07) is 10.5. The Morgan fingerprint density at radius 3 is 2.29 bits per heavy atom. The number of halogens is 1. The predicted molar refractivity (Wildman–Crippen MR) is 111 cm³/mol. The molecule has 31 heavy (non-hydrogen) atoms. The van der Waals surface area contributed by atoms with Crippen molar-refractivity contribution in [3.63, 3.8) is 0 Å². The van der Waals surface area contributed by atoms with E-state index in [1.165, 1.54) is 17.0 Å². The van der Waals surface area contributed by atoms with Gasteiger partial charge in [-0.1, -0.05) is 12.1 Å². The highest BCUT2D eigenvalue weighted by molar-refractivity contribution is 6.34. The van der Waals surface area contributed by atoms with Crippen LogP contribution in [0, 0.1) is 5.82 Å². The average molecular weight is 426 g/mol. The van der Waals surface area contributed by atoms with E-state index in [1.807, 2.05) is 0 Å². The third-order valence-electron chi connectivity index (χ3n) is 5.06. The summed E-state index contributed by atoms with van der Waals surface area (Å²) in [6.45, 7) is 6.11. The molecule has 2 aliphatic heterocycles. The number of imide groups is 1. The van der Waals surface area contributed by atoms with Crippen LogP contribution in [-0.2, 0) is 4.74 Å². The van der Waals surface area contributed by atoms with E-state index in [2.05, 4.69) is 0 Å². The number of benzene rings is 2. The smallest absolute Gasteiger partial charge is 0.410 e. The molecule has 7 nitrogen and oxygen atoms in total. The molecule has 0 bridgehead atoms. The van der Waals surface area contributed by atoms with Crippen LogP contribution in [0.5, 0.6) is 5.75 Å². The van der Waals surface area contributed by atoms with Gasteiger partial charge in [0, 0.05) is 19.0 Å². The maximum atomic E-state index is 14.7. The minimum atomic E-state index is -0.690. The van der Waals surface area contributed by atoms with Crippen molar-refractivity contribution in [2.24, 2.45) is 0 Å². The number of amides is 3.